The third-order valence-corrected chi connectivity index (χ3v) is 5.06. The molecule has 0 radical (unpaired) electrons. The summed E-state index contributed by atoms with van der Waals surface area (Å²) >= 11 is 1.63. The first-order chi connectivity index (χ1) is 11.1. The molecule has 0 spiro atoms. The van der Waals surface area contributed by atoms with Gasteiger partial charge in [0.25, 0.3) is 5.91 Å². The molecule has 1 saturated heterocycles. The predicted octanol–water partition coefficient (Wildman–Crippen LogP) is 2.22. The van der Waals surface area contributed by atoms with Gasteiger partial charge in [-0.1, -0.05) is 18.2 Å². The fourth-order valence-corrected chi connectivity index (χ4v) is 3.90. The summed E-state index contributed by atoms with van der Waals surface area (Å²) in [6.45, 7) is 5.64. The van der Waals surface area contributed by atoms with Crippen molar-refractivity contribution in [1.82, 2.24) is 9.80 Å². The number of ether oxygens (including phenoxy) is 1. The van der Waals surface area contributed by atoms with E-state index in [4.69, 9.17) is 4.74 Å². The van der Waals surface area contributed by atoms with Crippen LogP contribution in [0.25, 0.3) is 0 Å². The molecule has 0 bridgehead atoms. The molecular weight excluding hydrogens is 312 g/mol. The quantitative estimate of drug-likeness (QED) is 0.799. The molecule has 6 heteroatoms. The number of carbonyl (C=O) groups is 2. The van der Waals surface area contributed by atoms with Gasteiger partial charge in [0.05, 0.1) is 12.5 Å². The zero-order valence-electron chi connectivity index (χ0n) is 13.9. The minimum absolute atomic E-state index is 0.0394. The molecule has 1 fully saturated rings. The molecule has 2 amide bonds. The van der Waals surface area contributed by atoms with Crippen molar-refractivity contribution in [2.45, 2.75) is 26.5 Å². The van der Waals surface area contributed by atoms with Crippen molar-refractivity contribution in [2.75, 3.05) is 31.8 Å². The van der Waals surface area contributed by atoms with E-state index in [1.54, 1.807) is 34.7 Å². The van der Waals surface area contributed by atoms with E-state index in [2.05, 4.69) is 0 Å². The summed E-state index contributed by atoms with van der Waals surface area (Å²) in [5.41, 5.74) is 1.47. The van der Waals surface area contributed by atoms with Crippen molar-refractivity contribution in [3.05, 3.63) is 35.4 Å². The normalized spacial score (nSPS) is 17.3. The van der Waals surface area contributed by atoms with Crippen LogP contribution >= 0.6 is 11.8 Å². The molecule has 23 heavy (non-hydrogen) atoms. The Bertz CT molecular complexity index is 561. The van der Waals surface area contributed by atoms with E-state index in [0.717, 1.165) is 5.56 Å². The average Bonchev–Trinajstić information content (AvgIpc) is 3.05. The predicted molar refractivity (Wildman–Crippen MR) is 92.4 cm³/mol. The van der Waals surface area contributed by atoms with Crippen molar-refractivity contribution >= 4 is 23.6 Å². The summed E-state index contributed by atoms with van der Waals surface area (Å²) in [6.07, 6.45) is 0. The highest BCUT2D eigenvalue weighted by molar-refractivity contribution is 7.99. The van der Waals surface area contributed by atoms with Crippen molar-refractivity contribution < 1.29 is 14.3 Å². The number of methoxy groups -OCH3 is 1. The van der Waals surface area contributed by atoms with Crippen LogP contribution in [0.5, 0.6) is 0 Å². The number of benzene rings is 1. The van der Waals surface area contributed by atoms with Crippen LogP contribution in [0.15, 0.2) is 24.3 Å². The average molecular weight is 336 g/mol. The largest absolute Gasteiger partial charge is 0.380 e. The number of rotatable bonds is 6. The highest BCUT2D eigenvalue weighted by Gasteiger charge is 2.37. The van der Waals surface area contributed by atoms with Crippen LogP contribution in [-0.2, 0) is 16.1 Å². The maximum Gasteiger partial charge on any atom is 0.255 e. The van der Waals surface area contributed by atoms with Crippen molar-refractivity contribution in [3.63, 3.8) is 0 Å². The van der Waals surface area contributed by atoms with Crippen LogP contribution in [-0.4, -0.2) is 59.5 Å². The summed E-state index contributed by atoms with van der Waals surface area (Å²) < 4.78 is 5.18. The van der Waals surface area contributed by atoms with Crippen molar-refractivity contribution in [2.24, 2.45) is 0 Å². The third-order valence-electron chi connectivity index (χ3n) is 4.05. The first-order valence-corrected chi connectivity index (χ1v) is 9.03. The topological polar surface area (TPSA) is 49.9 Å². The van der Waals surface area contributed by atoms with Crippen molar-refractivity contribution in [3.8, 4) is 0 Å². The smallest absolute Gasteiger partial charge is 0.255 e. The highest BCUT2D eigenvalue weighted by Crippen LogP contribution is 2.26. The first-order valence-electron chi connectivity index (χ1n) is 7.88. The summed E-state index contributed by atoms with van der Waals surface area (Å²) in [5.74, 6) is 1.16. The Hall–Kier alpha value is -1.53. The minimum atomic E-state index is -0.372. The lowest BCUT2D eigenvalue weighted by Gasteiger charge is -2.28. The van der Waals surface area contributed by atoms with E-state index in [0.29, 0.717) is 36.9 Å². The fourth-order valence-electron chi connectivity index (χ4n) is 2.76. The van der Waals surface area contributed by atoms with Gasteiger partial charge in [-0.2, -0.15) is 0 Å². The Morgan fingerprint density at radius 2 is 2.00 bits per heavy atom. The number of nitrogens with zero attached hydrogens (tertiary/aromatic N) is 2. The van der Waals surface area contributed by atoms with E-state index in [1.165, 1.54) is 0 Å². The first kappa shape index (κ1) is 17.8. The zero-order chi connectivity index (χ0) is 16.8. The van der Waals surface area contributed by atoms with E-state index >= 15 is 0 Å². The second-order valence-electron chi connectivity index (χ2n) is 5.39. The summed E-state index contributed by atoms with van der Waals surface area (Å²) in [5, 5.41) is 0. The molecule has 1 aliphatic rings. The molecule has 1 aliphatic heterocycles. The van der Waals surface area contributed by atoms with Gasteiger partial charge in [0.1, 0.15) is 6.04 Å². The highest BCUT2D eigenvalue weighted by atomic mass is 32.2. The van der Waals surface area contributed by atoms with Crippen LogP contribution in [0.3, 0.4) is 0 Å². The van der Waals surface area contributed by atoms with Gasteiger partial charge in [-0.3, -0.25) is 9.59 Å². The van der Waals surface area contributed by atoms with Gasteiger partial charge in [0, 0.05) is 31.5 Å². The summed E-state index contributed by atoms with van der Waals surface area (Å²) in [4.78, 5) is 29.1. The number of hydrogen-bond donors (Lipinski definition) is 0. The van der Waals surface area contributed by atoms with Gasteiger partial charge in [0.15, 0.2) is 0 Å². The monoisotopic (exact) mass is 336 g/mol. The molecule has 5 nitrogen and oxygen atoms in total. The van der Waals surface area contributed by atoms with Gasteiger partial charge < -0.3 is 14.5 Å². The zero-order valence-corrected chi connectivity index (χ0v) is 14.8. The Morgan fingerprint density at radius 3 is 2.65 bits per heavy atom. The van der Waals surface area contributed by atoms with Gasteiger partial charge >= 0.3 is 0 Å². The van der Waals surface area contributed by atoms with Gasteiger partial charge in [-0.25, -0.2) is 0 Å². The van der Waals surface area contributed by atoms with E-state index < -0.39 is 0 Å². The summed E-state index contributed by atoms with van der Waals surface area (Å²) in [7, 11) is 1.61. The van der Waals surface area contributed by atoms with E-state index in [1.807, 2.05) is 32.0 Å². The standard InChI is InChI=1S/C17H24N2O3S/c1-4-18(5-2)17(21)15-11-23-12-19(15)16(20)14-9-7-6-8-13(14)10-22-3/h6-9,15H,4-5,10-12H2,1-3H3/t15-/m0/s1. The Labute approximate surface area is 142 Å². The molecule has 1 aromatic carbocycles. The lowest BCUT2D eigenvalue weighted by molar-refractivity contribution is -0.134. The van der Waals surface area contributed by atoms with Crippen LogP contribution in [0.1, 0.15) is 29.8 Å². The molecule has 0 unspecified atom stereocenters. The van der Waals surface area contributed by atoms with E-state index in [9.17, 15) is 9.59 Å². The van der Waals surface area contributed by atoms with Gasteiger partial charge in [0.2, 0.25) is 5.91 Å². The molecule has 0 N–H and O–H groups in total. The van der Waals surface area contributed by atoms with Gasteiger partial charge in [-0.15, -0.1) is 11.8 Å². The second kappa shape index (κ2) is 8.36. The molecule has 0 aromatic heterocycles. The third kappa shape index (κ3) is 3.87. The van der Waals surface area contributed by atoms with Gasteiger partial charge in [-0.05, 0) is 25.5 Å². The molecule has 0 saturated carbocycles. The molecular formula is C17H24N2O3S. The Kier molecular flexibility index (Phi) is 6.47. The van der Waals surface area contributed by atoms with Crippen LogP contribution in [0.2, 0.25) is 0 Å². The molecule has 1 heterocycles. The number of carbonyl (C=O) groups excluding carboxylic acids is 2. The molecule has 2 rings (SSSR count). The second-order valence-corrected chi connectivity index (χ2v) is 6.39. The van der Waals surface area contributed by atoms with Crippen molar-refractivity contribution in [1.29, 1.82) is 0 Å². The number of likely N-dealkylation sites (N-methyl/N-ethyl adjacent to an activating group) is 1. The Balaban J connectivity index is 2.23. The number of amides is 2. The maximum absolute atomic E-state index is 12.9. The van der Waals surface area contributed by atoms with E-state index in [-0.39, 0.29) is 17.9 Å². The molecule has 126 valence electrons. The Morgan fingerprint density at radius 1 is 1.30 bits per heavy atom. The molecule has 1 aromatic rings. The van der Waals surface area contributed by atoms with Crippen LogP contribution in [0, 0.1) is 0 Å². The minimum Gasteiger partial charge on any atom is -0.380 e. The van der Waals surface area contributed by atoms with Crippen LogP contribution < -0.4 is 0 Å². The lowest BCUT2D eigenvalue weighted by Crippen LogP contribution is -2.49. The maximum atomic E-state index is 12.9. The lowest BCUT2D eigenvalue weighted by atomic mass is 10.1. The number of hydrogen-bond acceptors (Lipinski definition) is 4. The number of thioether (sulfide) groups is 1. The van der Waals surface area contributed by atoms with Crippen LogP contribution in [0.4, 0.5) is 0 Å². The SMILES string of the molecule is CCN(CC)C(=O)[C@@H]1CSCN1C(=O)c1ccccc1COC. The summed E-state index contributed by atoms with van der Waals surface area (Å²) in [6, 6.07) is 7.06. The molecule has 1 atom stereocenters. The molecule has 0 aliphatic carbocycles. The fraction of sp³-hybridized carbons (Fsp3) is 0.529.